The van der Waals surface area contributed by atoms with Crippen LogP contribution in [0.1, 0.15) is 53.7 Å². The molecule has 2 aromatic carbocycles. The fourth-order valence-electron chi connectivity index (χ4n) is 3.42. The van der Waals surface area contributed by atoms with Gasteiger partial charge in [-0.3, -0.25) is 0 Å². The third-order valence-electron chi connectivity index (χ3n) is 4.92. The van der Waals surface area contributed by atoms with E-state index in [1.807, 2.05) is 13.0 Å². The number of aromatic nitrogens is 1. The van der Waals surface area contributed by atoms with Gasteiger partial charge in [0.25, 0.3) is 0 Å². The zero-order chi connectivity index (χ0) is 21.9. The third kappa shape index (κ3) is 4.18. The van der Waals surface area contributed by atoms with Gasteiger partial charge in [0.2, 0.25) is 0 Å². The summed E-state index contributed by atoms with van der Waals surface area (Å²) >= 11 is 0. The lowest BCUT2D eigenvalue weighted by Crippen LogP contribution is -2.09. The van der Waals surface area contributed by atoms with Crippen LogP contribution in [0.4, 0.5) is 13.2 Å². The number of nitrogens with zero attached hydrogens (tertiary/aromatic N) is 2. The lowest BCUT2D eigenvalue weighted by atomic mass is 10.0. The summed E-state index contributed by atoms with van der Waals surface area (Å²) in [5, 5.41) is 9.86. The number of fused-ring (bicyclic) bond motifs is 1. The highest BCUT2D eigenvalue weighted by atomic mass is 19.4. The molecular formula is C23H21F3N2O2. The van der Waals surface area contributed by atoms with Crippen molar-refractivity contribution in [3.63, 3.8) is 0 Å². The number of rotatable bonds is 6. The molecule has 0 aliphatic rings. The number of hydrogen-bond acceptors (Lipinski definition) is 3. The molecule has 1 heterocycles. The molecule has 0 spiro atoms. The first-order valence-corrected chi connectivity index (χ1v) is 9.73. The van der Waals surface area contributed by atoms with Crippen molar-refractivity contribution in [1.29, 1.82) is 5.26 Å². The van der Waals surface area contributed by atoms with E-state index in [-0.39, 0.29) is 17.7 Å². The molecule has 0 unspecified atom stereocenters. The molecule has 0 amide bonds. The third-order valence-corrected chi connectivity index (χ3v) is 4.92. The molecule has 30 heavy (non-hydrogen) atoms. The highest BCUT2D eigenvalue weighted by Crippen LogP contribution is 2.34. The molecule has 156 valence electrons. The highest BCUT2D eigenvalue weighted by molar-refractivity contribution is 5.92. The minimum absolute atomic E-state index is 0.252. The molecule has 0 radical (unpaired) electrons. The number of esters is 1. The molecule has 7 heteroatoms. The summed E-state index contributed by atoms with van der Waals surface area (Å²) < 4.78 is 46.4. The first-order chi connectivity index (χ1) is 14.3. The van der Waals surface area contributed by atoms with Crippen LogP contribution in [0, 0.1) is 11.3 Å². The van der Waals surface area contributed by atoms with Crippen LogP contribution in [0.15, 0.2) is 42.6 Å². The van der Waals surface area contributed by atoms with Crippen molar-refractivity contribution in [2.45, 2.75) is 39.3 Å². The average Bonchev–Trinajstić information content (AvgIpc) is 3.09. The number of hydrogen-bond donors (Lipinski definition) is 0. The number of aryl methyl sites for hydroxylation is 1. The molecule has 0 atom stereocenters. The Hall–Kier alpha value is -3.27. The smallest absolute Gasteiger partial charge is 0.416 e. The van der Waals surface area contributed by atoms with Crippen LogP contribution in [0.3, 0.4) is 0 Å². The fourth-order valence-corrected chi connectivity index (χ4v) is 3.42. The van der Waals surface area contributed by atoms with Crippen LogP contribution >= 0.6 is 0 Å². The molecule has 0 aliphatic carbocycles. The summed E-state index contributed by atoms with van der Waals surface area (Å²) in [5.74, 6) is -0.426. The maximum Gasteiger partial charge on any atom is 0.416 e. The molecule has 0 fully saturated rings. The van der Waals surface area contributed by atoms with E-state index in [0.29, 0.717) is 23.1 Å². The number of benzene rings is 2. The van der Waals surface area contributed by atoms with Gasteiger partial charge in [-0.05, 0) is 55.7 Å². The summed E-state index contributed by atoms with van der Waals surface area (Å²) in [6, 6.07) is 10.4. The van der Waals surface area contributed by atoms with E-state index in [1.54, 1.807) is 29.7 Å². The molecule has 0 aliphatic heterocycles. The number of unbranched alkanes of at least 4 members (excludes halogenated alkanes) is 1. The van der Waals surface area contributed by atoms with Crippen LogP contribution in [-0.4, -0.2) is 17.1 Å². The number of nitriles is 1. The van der Waals surface area contributed by atoms with Gasteiger partial charge < -0.3 is 9.30 Å². The van der Waals surface area contributed by atoms with Crippen LogP contribution in [0.2, 0.25) is 0 Å². The molecule has 0 N–H and O–H groups in total. The number of ether oxygens (including phenoxy) is 1. The van der Waals surface area contributed by atoms with Crippen molar-refractivity contribution in [3.8, 4) is 11.8 Å². The van der Waals surface area contributed by atoms with Crippen LogP contribution in [0.5, 0.6) is 0 Å². The topological polar surface area (TPSA) is 55.0 Å². The zero-order valence-corrected chi connectivity index (χ0v) is 16.7. The average molecular weight is 414 g/mol. The van der Waals surface area contributed by atoms with Crippen LogP contribution < -0.4 is 0 Å². The van der Waals surface area contributed by atoms with Gasteiger partial charge >= 0.3 is 12.1 Å². The second kappa shape index (κ2) is 8.62. The summed E-state index contributed by atoms with van der Waals surface area (Å²) in [7, 11) is 0. The summed E-state index contributed by atoms with van der Waals surface area (Å²) in [4.78, 5) is 12.3. The van der Waals surface area contributed by atoms with Crippen molar-refractivity contribution in [2.24, 2.45) is 0 Å². The van der Waals surface area contributed by atoms with Crippen molar-refractivity contribution < 1.29 is 22.7 Å². The Morgan fingerprint density at radius 2 is 1.93 bits per heavy atom. The molecule has 3 aromatic rings. The monoisotopic (exact) mass is 414 g/mol. The molecule has 0 saturated heterocycles. The van der Waals surface area contributed by atoms with E-state index in [0.717, 1.165) is 30.5 Å². The van der Waals surface area contributed by atoms with E-state index < -0.39 is 17.7 Å². The van der Waals surface area contributed by atoms with Crippen molar-refractivity contribution in [3.05, 3.63) is 64.8 Å². The molecule has 4 nitrogen and oxygen atoms in total. The van der Waals surface area contributed by atoms with E-state index in [9.17, 15) is 23.2 Å². The number of halogens is 3. The molecule has 0 saturated carbocycles. The Balaban J connectivity index is 2.18. The molecule has 0 bridgehead atoms. The second-order valence-electron chi connectivity index (χ2n) is 6.92. The SMILES string of the molecule is CCCCc1cc(-n2cc(C#N)c3ccc(C(F)(F)F)cc32)ccc1C(=O)OCC. The minimum Gasteiger partial charge on any atom is -0.462 e. The van der Waals surface area contributed by atoms with E-state index in [1.165, 1.54) is 12.3 Å². The predicted octanol–water partition coefficient (Wildman–Crippen LogP) is 6.04. The van der Waals surface area contributed by atoms with E-state index in [4.69, 9.17) is 4.74 Å². The number of carbonyl (C=O) groups is 1. The Labute approximate surface area is 172 Å². The number of alkyl halides is 3. The summed E-state index contributed by atoms with van der Waals surface area (Å²) in [5.41, 5.74) is 1.57. The van der Waals surface area contributed by atoms with Gasteiger partial charge in [-0.1, -0.05) is 19.4 Å². The molecule has 3 rings (SSSR count). The van der Waals surface area contributed by atoms with Crippen LogP contribution in [-0.2, 0) is 17.3 Å². The minimum atomic E-state index is -4.49. The predicted molar refractivity (Wildman–Crippen MR) is 108 cm³/mol. The maximum absolute atomic E-state index is 13.2. The van der Waals surface area contributed by atoms with Gasteiger partial charge in [0.05, 0.1) is 28.8 Å². The van der Waals surface area contributed by atoms with Gasteiger partial charge in [-0.25, -0.2) is 4.79 Å². The van der Waals surface area contributed by atoms with Gasteiger partial charge in [0.15, 0.2) is 0 Å². The first-order valence-electron chi connectivity index (χ1n) is 9.73. The lowest BCUT2D eigenvalue weighted by molar-refractivity contribution is -0.137. The van der Waals surface area contributed by atoms with E-state index >= 15 is 0 Å². The normalized spacial score (nSPS) is 11.5. The molecular weight excluding hydrogens is 393 g/mol. The van der Waals surface area contributed by atoms with E-state index in [2.05, 4.69) is 0 Å². The van der Waals surface area contributed by atoms with Gasteiger partial charge in [0.1, 0.15) is 6.07 Å². The summed E-state index contributed by atoms with van der Waals surface area (Å²) in [6.45, 7) is 4.01. The van der Waals surface area contributed by atoms with Crippen molar-refractivity contribution >= 4 is 16.9 Å². The summed E-state index contributed by atoms with van der Waals surface area (Å²) in [6.07, 6.45) is -0.559. The largest absolute Gasteiger partial charge is 0.462 e. The lowest BCUT2D eigenvalue weighted by Gasteiger charge is -2.13. The van der Waals surface area contributed by atoms with Crippen LogP contribution in [0.25, 0.3) is 16.6 Å². The second-order valence-corrected chi connectivity index (χ2v) is 6.92. The van der Waals surface area contributed by atoms with Crippen molar-refractivity contribution in [2.75, 3.05) is 6.61 Å². The Morgan fingerprint density at radius 3 is 2.57 bits per heavy atom. The first kappa shape index (κ1) is 21.4. The van der Waals surface area contributed by atoms with Gasteiger partial charge in [0, 0.05) is 17.3 Å². The maximum atomic E-state index is 13.2. The quantitative estimate of drug-likeness (QED) is 0.462. The Kier molecular flexibility index (Phi) is 6.16. The standard InChI is InChI=1S/C23H21F3N2O2/c1-3-5-6-15-11-18(8-10-20(15)22(29)30-4-2)28-14-16(13-27)19-9-7-17(12-21(19)28)23(24,25)26/h7-12,14H,3-6H2,1-2H3. The fraction of sp³-hybridized carbons (Fsp3) is 0.304. The Morgan fingerprint density at radius 1 is 1.17 bits per heavy atom. The van der Waals surface area contributed by atoms with Gasteiger partial charge in [-0.2, -0.15) is 18.4 Å². The molecule has 1 aromatic heterocycles. The zero-order valence-electron chi connectivity index (χ0n) is 16.7. The Bertz CT molecular complexity index is 1120. The van der Waals surface area contributed by atoms with Crippen molar-refractivity contribution in [1.82, 2.24) is 4.57 Å². The highest BCUT2D eigenvalue weighted by Gasteiger charge is 2.31. The van der Waals surface area contributed by atoms with Gasteiger partial charge in [-0.15, -0.1) is 0 Å². The number of carbonyl (C=O) groups excluding carboxylic acids is 1.